The predicted octanol–water partition coefficient (Wildman–Crippen LogP) is 2.47. The molecule has 0 saturated carbocycles. The van der Waals surface area contributed by atoms with E-state index in [2.05, 4.69) is 5.32 Å². The van der Waals surface area contributed by atoms with Crippen molar-refractivity contribution in [3.8, 4) is 5.75 Å². The van der Waals surface area contributed by atoms with E-state index < -0.39 is 0 Å². The van der Waals surface area contributed by atoms with E-state index >= 15 is 0 Å². The minimum absolute atomic E-state index is 0.114. The molecule has 0 aliphatic carbocycles. The van der Waals surface area contributed by atoms with Crippen LogP contribution < -0.4 is 15.8 Å². The lowest BCUT2D eigenvalue weighted by Crippen LogP contribution is -2.25. The van der Waals surface area contributed by atoms with E-state index in [0.717, 1.165) is 12.2 Å². The lowest BCUT2D eigenvalue weighted by atomic mass is 10.2. The zero-order valence-corrected chi connectivity index (χ0v) is 11.2. The van der Waals surface area contributed by atoms with E-state index in [4.69, 9.17) is 10.5 Å². The van der Waals surface area contributed by atoms with Crippen molar-refractivity contribution in [3.63, 3.8) is 0 Å². The average Bonchev–Trinajstić information content (AvgIpc) is 2.48. The Bertz CT molecular complexity index is 555. The molecule has 0 atom stereocenters. The number of carbonyl (C=O) groups is 1. The van der Waals surface area contributed by atoms with E-state index in [1.165, 1.54) is 0 Å². The highest BCUT2D eigenvalue weighted by atomic mass is 16.5. The van der Waals surface area contributed by atoms with E-state index in [-0.39, 0.29) is 5.91 Å². The Morgan fingerprint density at radius 2 is 1.90 bits per heavy atom. The summed E-state index contributed by atoms with van der Waals surface area (Å²) in [5, 5.41) is 2.84. The molecule has 0 radical (unpaired) electrons. The van der Waals surface area contributed by atoms with Crippen molar-refractivity contribution in [2.75, 3.05) is 18.9 Å². The first-order valence-corrected chi connectivity index (χ1v) is 6.57. The van der Waals surface area contributed by atoms with Gasteiger partial charge < -0.3 is 15.8 Å². The highest BCUT2D eigenvalue weighted by Gasteiger charge is 2.04. The lowest BCUT2D eigenvalue weighted by molar-refractivity contribution is 0.0951. The molecule has 1 amide bonds. The molecule has 0 fully saturated rings. The van der Waals surface area contributed by atoms with Crippen LogP contribution in [0.2, 0.25) is 0 Å². The van der Waals surface area contributed by atoms with Gasteiger partial charge in [-0.25, -0.2) is 0 Å². The minimum atomic E-state index is -0.114. The second-order valence-electron chi connectivity index (χ2n) is 4.40. The highest BCUT2D eigenvalue weighted by Crippen LogP contribution is 2.08. The Kier molecular flexibility index (Phi) is 5.00. The van der Waals surface area contributed by atoms with Crippen LogP contribution in [0.5, 0.6) is 5.75 Å². The van der Waals surface area contributed by atoms with E-state index in [1.54, 1.807) is 24.3 Å². The molecular formula is C16H18N2O2. The topological polar surface area (TPSA) is 64.4 Å². The van der Waals surface area contributed by atoms with Gasteiger partial charge in [-0.05, 0) is 36.8 Å². The van der Waals surface area contributed by atoms with Gasteiger partial charge in [-0.2, -0.15) is 0 Å². The van der Waals surface area contributed by atoms with Crippen LogP contribution in [0.15, 0.2) is 54.6 Å². The number of nitrogen functional groups attached to an aromatic ring is 1. The molecule has 2 aromatic rings. The Balaban J connectivity index is 1.67. The number of ether oxygens (including phenoxy) is 1. The zero-order chi connectivity index (χ0) is 14.2. The Morgan fingerprint density at radius 1 is 1.10 bits per heavy atom. The summed E-state index contributed by atoms with van der Waals surface area (Å²) < 4.78 is 5.54. The van der Waals surface area contributed by atoms with Gasteiger partial charge in [-0.15, -0.1) is 0 Å². The molecular weight excluding hydrogens is 252 g/mol. The van der Waals surface area contributed by atoms with E-state index in [9.17, 15) is 4.79 Å². The number of anilines is 1. The molecule has 0 aliphatic rings. The Morgan fingerprint density at radius 3 is 2.65 bits per heavy atom. The Labute approximate surface area is 118 Å². The number of hydrogen-bond acceptors (Lipinski definition) is 3. The number of nitrogens with two attached hydrogens (primary N) is 1. The summed E-state index contributed by atoms with van der Waals surface area (Å²) >= 11 is 0. The first-order valence-electron chi connectivity index (χ1n) is 6.57. The van der Waals surface area contributed by atoms with Crippen LogP contribution in [0, 0.1) is 0 Å². The number of amides is 1. The van der Waals surface area contributed by atoms with E-state index in [1.807, 2.05) is 30.3 Å². The summed E-state index contributed by atoms with van der Waals surface area (Å²) in [6.07, 6.45) is 0.753. The molecule has 0 spiro atoms. The number of carbonyl (C=O) groups excluding carboxylic acids is 1. The molecule has 0 aliphatic heterocycles. The monoisotopic (exact) mass is 270 g/mol. The Hall–Kier alpha value is -2.49. The average molecular weight is 270 g/mol. The highest BCUT2D eigenvalue weighted by molar-refractivity contribution is 5.94. The number of hydrogen-bond donors (Lipinski definition) is 2. The predicted molar refractivity (Wildman–Crippen MR) is 79.7 cm³/mol. The van der Waals surface area contributed by atoms with Gasteiger partial charge in [-0.1, -0.05) is 24.3 Å². The maximum Gasteiger partial charge on any atom is 0.251 e. The molecule has 4 heteroatoms. The van der Waals surface area contributed by atoms with Gasteiger partial charge in [0.05, 0.1) is 6.61 Å². The summed E-state index contributed by atoms with van der Waals surface area (Å²) in [6.45, 7) is 1.14. The SMILES string of the molecule is Nc1cccc(C(=O)NCCCOc2ccccc2)c1. The van der Waals surface area contributed by atoms with E-state index in [0.29, 0.717) is 24.4 Å². The molecule has 0 heterocycles. The van der Waals surface area contributed by atoms with Crippen molar-refractivity contribution in [2.24, 2.45) is 0 Å². The number of rotatable bonds is 6. The smallest absolute Gasteiger partial charge is 0.251 e. The number of para-hydroxylation sites is 1. The third-order valence-corrected chi connectivity index (χ3v) is 2.77. The molecule has 2 rings (SSSR count). The van der Waals surface area contributed by atoms with Gasteiger partial charge in [0.25, 0.3) is 5.91 Å². The first-order chi connectivity index (χ1) is 9.75. The molecule has 104 valence electrons. The van der Waals surface area contributed by atoms with Crippen molar-refractivity contribution in [1.29, 1.82) is 0 Å². The largest absolute Gasteiger partial charge is 0.494 e. The van der Waals surface area contributed by atoms with Crippen molar-refractivity contribution in [2.45, 2.75) is 6.42 Å². The van der Waals surface area contributed by atoms with Crippen LogP contribution >= 0.6 is 0 Å². The molecule has 3 N–H and O–H groups in total. The third kappa shape index (κ3) is 4.31. The molecule has 0 aromatic heterocycles. The fraction of sp³-hybridized carbons (Fsp3) is 0.188. The van der Waals surface area contributed by atoms with Crippen molar-refractivity contribution in [1.82, 2.24) is 5.32 Å². The zero-order valence-electron chi connectivity index (χ0n) is 11.2. The van der Waals surface area contributed by atoms with Crippen LogP contribution in [0.25, 0.3) is 0 Å². The number of nitrogens with one attached hydrogen (secondary N) is 1. The van der Waals surface area contributed by atoms with Gasteiger partial charge in [0.1, 0.15) is 5.75 Å². The number of benzene rings is 2. The summed E-state index contributed by atoms with van der Waals surface area (Å²) in [6, 6.07) is 16.5. The fourth-order valence-corrected chi connectivity index (χ4v) is 1.76. The fourth-order valence-electron chi connectivity index (χ4n) is 1.76. The molecule has 0 saturated heterocycles. The van der Waals surface area contributed by atoms with Crippen molar-refractivity contribution < 1.29 is 9.53 Å². The van der Waals surface area contributed by atoms with Crippen molar-refractivity contribution in [3.05, 3.63) is 60.2 Å². The summed E-state index contributed by atoms with van der Waals surface area (Å²) in [5.41, 5.74) is 6.80. The molecule has 20 heavy (non-hydrogen) atoms. The maximum absolute atomic E-state index is 11.8. The van der Waals surface area contributed by atoms with Gasteiger partial charge in [0, 0.05) is 17.8 Å². The second kappa shape index (κ2) is 7.19. The summed E-state index contributed by atoms with van der Waals surface area (Å²) in [7, 11) is 0. The van der Waals surface area contributed by atoms with Crippen LogP contribution in [-0.4, -0.2) is 19.1 Å². The molecule has 2 aromatic carbocycles. The summed E-state index contributed by atoms with van der Waals surface area (Å²) in [5.74, 6) is 0.728. The third-order valence-electron chi connectivity index (χ3n) is 2.77. The normalized spacial score (nSPS) is 10.0. The second-order valence-corrected chi connectivity index (χ2v) is 4.40. The van der Waals surface area contributed by atoms with Gasteiger partial charge in [-0.3, -0.25) is 4.79 Å². The van der Waals surface area contributed by atoms with Crippen LogP contribution in [-0.2, 0) is 0 Å². The quantitative estimate of drug-likeness (QED) is 0.626. The standard InChI is InChI=1S/C16H18N2O2/c17-14-7-4-6-13(12-14)16(19)18-10-5-11-20-15-8-2-1-3-9-15/h1-4,6-9,12H,5,10-11,17H2,(H,18,19). The van der Waals surface area contributed by atoms with Gasteiger partial charge in [0.15, 0.2) is 0 Å². The molecule has 4 nitrogen and oxygen atoms in total. The maximum atomic E-state index is 11.8. The summed E-state index contributed by atoms with van der Waals surface area (Å²) in [4.78, 5) is 11.8. The van der Waals surface area contributed by atoms with Gasteiger partial charge >= 0.3 is 0 Å². The van der Waals surface area contributed by atoms with Crippen LogP contribution in [0.1, 0.15) is 16.8 Å². The van der Waals surface area contributed by atoms with Gasteiger partial charge in [0.2, 0.25) is 0 Å². The first kappa shape index (κ1) is 13.9. The van der Waals surface area contributed by atoms with Crippen LogP contribution in [0.3, 0.4) is 0 Å². The lowest BCUT2D eigenvalue weighted by Gasteiger charge is -2.07. The molecule has 0 unspecified atom stereocenters. The van der Waals surface area contributed by atoms with Crippen LogP contribution in [0.4, 0.5) is 5.69 Å². The minimum Gasteiger partial charge on any atom is -0.494 e. The molecule has 0 bridgehead atoms. The van der Waals surface area contributed by atoms with Crippen molar-refractivity contribution >= 4 is 11.6 Å².